The summed E-state index contributed by atoms with van der Waals surface area (Å²) in [4.78, 5) is 8.56. The molecule has 2 heterocycles. The van der Waals surface area contributed by atoms with Gasteiger partial charge >= 0.3 is 0 Å². The molecule has 0 spiro atoms. The number of guanidine groups is 1. The molecule has 1 atom stereocenters. The van der Waals surface area contributed by atoms with Gasteiger partial charge in [-0.05, 0) is 32.9 Å². The number of aryl methyl sites for hydroxylation is 2. The van der Waals surface area contributed by atoms with Gasteiger partial charge in [-0.25, -0.2) is 4.99 Å². The summed E-state index contributed by atoms with van der Waals surface area (Å²) in [6.07, 6.45) is 0. The Morgan fingerprint density at radius 1 is 1.38 bits per heavy atom. The Balaban J connectivity index is 2.00. The van der Waals surface area contributed by atoms with Crippen LogP contribution in [-0.4, -0.2) is 22.6 Å². The number of hydrogen-bond donors (Lipinski definition) is 2. The minimum Gasteiger partial charge on any atom is -0.464 e. The molecular weight excluding hydrogens is 270 g/mol. The maximum absolute atomic E-state index is 5.61. The van der Waals surface area contributed by atoms with Crippen molar-refractivity contribution >= 4 is 5.96 Å². The highest BCUT2D eigenvalue weighted by Gasteiger charge is 2.11. The third-order valence-electron chi connectivity index (χ3n) is 2.83. The number of hydrogen-bond acceptors (Lipinski definition) is 5. The molecule has 0 aliphatic carbocycles. The third-order valence-corrected chi connectivity index (χ3v) is 2.83. The highest BCUT2D eigenvalue weighted by atomic mass is 16.5. The standard InChI is InChI=1S/C14H21N5O2/c1-5-15-14(16-8-13-18-11(4)21-19-13)17-10(3)12-7-6-9(2)20-12/h6-7,10H,5,8H2,1-4H3,(H2,15,16,17). The second-order valence-electron chi connectivity index (χ2n) is 4.74. The zero-order valence-corrected chi connectivity index (χ0v) is 12.8. The van der Waals surface area contributed by atoms with E-state index in [2.05, 4.69) is 25.8 Å². The van der Waals surface area contributed by atoms with E-state index < -0.39 is 0 Å². The van der Waals surface area contributed by atoms with Crippen molar-refractivity contribution in [3.8, 4) is 0 Å². The van der Waals surface area contributed by atoms with Gasteiger partial charge in [0, 0.05) is 13.5 Å². The van der Waals surface area contributed by atoms with E-state index in [1.165, 1.54) is 0 Å². The van der Waals surface area contributed by atoms with Crippen LogP contribution in [0.2, 0.25) is 0 Å². The first-order valence-electron chi connectivity index (χ1n) is 6.99. The molecule has 2 rings (SSSR count). The van der Waals surface area contributed by atoms with Gasteiger partial charge in [0.15, 0.2) is 11.8 Å². The topological polar surface area (TPSA) is 88.5 Å². The van der Waals surface area contributed by atoms with E-state index in [0.29, 0.717) is 24.2 Å². The molecule has 0 amide bonds. The fourth-order valence-corrected chi connectivity index (χ4v) is 1.84. The van der Waals surface area contributed by atoms with Crippen LogP contribution in [0.4, 0.5) is 0 Å². The van der Waals surface area contributed by atoms with Gasteiger partial charge in [-0.15, -0.1) is 0 Å². The molecule has 0 aliphatic rings. The van der Waals surface area contributed by atoms with Crippen LogP contribution in [0, 0.1) is 13.8 Å². The lowest BCUT2D eigenvalue weighted by Crippen LogP contribution is -2.38. The third kappa shape index (κ3) is 4.34. The second kappa shape index (κ2) is 6.92. The largest absolute Gasteiger partial charge is 0.464 e. The highest BCUT2D eigenvalue weighted by Crippen LogP contribution is 2.15. The van der Waals surface area contributed by atoms with Crippen molar-refractivity contribution in [1.82, 2.24) is 20.8 Å². The SMILES string of the molecule is CCNC(=NCc1noc(C)n1)NC(C)c1ccc(C)o1. The fraction of sp³-hybridized carbons (Fsp3) is 0.500. The van der Waals surface area contributed by atoms with Crippen LogP contribution in [0.15, 0.2) is 26.1 Å². The molecule has 0 saturated carbocycles. The Hall–Kier alpha value is -2.31. The van der Waals surface area contributed by atoms with Crippen LogP contribution >= 0.6 is 0 Å². The van der Waals surface area contributed by atoms with Crippen molar-refractivity contribution < 1.29 is 8.94 Å². The summed E-state index contributed by atoms with van der Waals surface area (Å²) in [6.45, 7) is 8.83. The first kappa shape index (κ1) is 15.1. The molecule has 0 aromatic carbocycles. The number of furan rings is 1. The molecule has 7 nitrogen and oxygen atoms in total. The lowest BCUT2D eigenvalue weighted by molar-refractivity contribution is 0.387. The van der Waals surface area contributed by atoms with Gasteiger partial charge in [-0.1, -0.05) is 5.16 Å². The normalized spacial score (nSPS) is 13.2. The minimum absolute atomic E-state index is 0.0171. The lowest BCUT2D eigenvalue weighted by atomic mass is 10.2. The maximum Gasteiger partial charge on any atom is 0.223 e. The second-order valence-corrected chi connectivity index (χ2v) is 4.74. The molecule has 2 aromatic rings. The molecule has 114 valence electrons. The van der Waals surface area contributed by atoms with Crippen molar-refractivity contribution in [2.45, 2.75) is 40.3 Å². The Morgan fingerprint density at radius 2 is 2.19 bits per heavy atom. The first-order valence-corrected chi connectivity index (χ1v) is 6.99. The average Bonchev–Trinajstić information content (AvgIpc) is 3.05. The molecule has 2 N–H and O–H groups in total. The maximum atomic E-state index is 5.61. The summed E-state index contributed by atoms with van der Waals surface area (Å²) >= 11 is 0. The van der Waals surface area contributed by atoms with Crippen LogP contribution in [0.5, 0.6) is 0 Å². The molecule has 0 fully saturated rings. The van der Waals surface area contributed by atoms with Crippen LogP contribution in [0.3, 0.4) is 0 Å². The number of nitrogens with one attached hydrogen (secondary N) is 2. The summed E-state index contributed by atoms with van der Waals surface area (Å²) < 4.78 is 10.5. The average molecular weight is 291 g/mol. The van der Waals surface area contributed by atoms with E-state index in [4.69, 9.17) is 8.94 Å². The number of aliphatic imine (C=N–C) groups is 1. The zero-order valence-electron chi connectivity index (χ0n) is 12.8. The quantitative estimate of drug-likeness (QED) is 0.648. The van der Waals surface area contributed by atoms with Crippen LogP contribution in [0.1, 0.15) is 43.1 Å². The van der Waals surface area contributed by atoms with E-state index in [0.717, 1.165) is 18.1 Å². The Kier molecular flexibility index (Phi) is 4.97. The van der Waals surface area contributed by atoms with Crippen LogP contribution < -0.4 is 10.6 Å². The summed E-state index contributed by atoms with van der Waals surface area (Å²) in [5, 5.41) is 10.3. The molecule has 0 radical (unpaired) electrons. The Labute approximate surface area is 123 Å². The molecule has 21 heavy (non-hydrogen) atoms. The molecule has 0 bridgehead atoms. The predicted octanol–water partition coefficient (Wildman–Crippen LogP) is 2.10. The smallest absolute Gasteiger partial charge is 0.223 e. The van der Waals surface area contributed by atoms with Gasteiger partial charge in [0.05, 0.1) is 6.04 Å². The van der Waals surface area contributed by atoms with E-state index in [1.807, 2.05) is 32.9 Å². The molecule has 2 aromatic heterocycles. The fourth-order valence-electron chi connectivity index (χ4n) is 1.84. The van der Waals surface area contributed by atoms with Crippen molar-refractivity contribution in [3.05, 3.63) is 35.4 Å². The Bertz CT molecular complexity index is 602. The molecule has 1 unspecified atom stereocenters. The van der Waals surface area contributed by atoms with Crippen molar-refractivity contribution in [2.24, 2.45) is 4.99 Å². The van der Waals surface area contributed by atoms with E-state index in [1.54, 1.807) is 6.92 Å². The van der Waals surface area contributed by atoms with Crippen molar-refractivity contribution in [3.63, 3.8) is 0 Å². The summed E-state index contributed by atoms with van der Waals surface area (Å²) in [6, 6.07) is 3.92. The molecular formula is C14H21N5O2. The van der Waals surface area contributed by atoms with Crippen molar-refractivity contribution in [1.29, 1.82) is 0 Å². The molecule has 0 aliphatic heterocycles. The van der Waals surface area contributed by atoms with Gasteiger partial charge in [-0.3, -0.25) is 0 Å². The number of aromatic nitrogens is 2. The van der Waals surface area contributed by atoms with E-state index >= 15 is 0 Å². The summed E-state index contributed by atoms with van der Waals surface area (Å²) in [5.74, 6) is 3.54. The Morgan fingerprint density at radius 3 is 2.76 bits per heavy atom. The van der Waals surface area contributed by atoms with Gasteiger partial charge in [0.1, 0.15) is 18.1 Å². The van der Waals surface area contributed by atoms with E-state index in [9.17, 15) is 0 Å². The molecule has 0 saturated heterocycles. The van der Waals surface area contributed by atoms with Gasteiger partial charge in [0.25, 0.3) is 0 Å². The van der Waals surface area contributed by atoms with Crippen molar-refractivity contribution in [2.75, 3.05) is 6.54 Å². The van der Waals surface area contributed by atoms with Crippen LogP contribution in [0.25, 0.3) is 0 Å². The van der Waals surface area contributed by atoms with Crippen LogP contribution in [-0.2, 0) is 6.54 Å². The summed E-state index contributed by atoms with van der Waals surface area (Å²) in [5.41, 5.74) is 0. The van der Waals surface area contributed by atoms with Gasteiger partial charge in [0.2, 0.25) is 5.89 Å². The predicted molar refractivity (Wildman–Crippen MR) is 78.8 cm³/mol. The zero-order chi connectivity index (χ0) is 15.2. The number of nitrogens with zero attached hydrogens (tertiary/aromatic N) is 3. The number of rotatable bonds is 5. The monoisotopic (exact) mass is 291 g/mol. The minimum atomic E-state index is 0.0171. The first-order chi connectivity index (χ1) is 10.1. The highest BCUT2D eigenvalue weighted by molar-refractivity contribution is 5.80. The van der Waals surface area contributed by atoms with Gasteiger partial charge in [-0.2, -0.15) is 4.98 Å². The lowest BCUT2D eigenvalue weighted by Gasteiger charge is -2.15. The van der Waals surface area contributed by atoms with Gasteiger partial charge < -0.3 is 19.6 Å². The molecule has 7 heteroatoms. The van der Waals surface area contributed by atoms with E-state index in [-0.39, 0.29) is 6.04 Å². The summed E-state index contributed by atoms with van der Waals surface area (Å²) in [7, 11) is 0.